The topological polar surface area (TPSA) is 88.9 Å². The van der Waals surface area contributed by atoms with Crippen LogP contribution in [0.4, 0.5) is 0 Å². The van der Waals surface area contributed by atoms with Gasteiger partial charge in [0, 0.05) is 7.05 Å². The van der Waals surface area contributed by atoms with E-state index in [9.17, 15) is 14.9 Å². The van der Waals surface area contributed by atoms with Crippen LogP contribution in [0.15, 0.2) is 24.3 Å². The highest BCUT2D eigenvalue weighted by Crippen LogP contribution is 2.33. The summed E-state index contributed by atoms with van der Waals surface area (Å²) in [6, 6.07) is 7.65. The summed E-state index contributed by atoms with van der Waals surface area (Å²) in [5.74, 6) is -0.154. The molecule has 1 aromatic rings. The minimum absolute atomic E-state index is 0.357. The van der Waals surface area contributed by atoms with Gasteiger partial charge in [0.2, 0.25) is 0 Å². The van der Waals surface area contributed by atoms with Crippen LogP contribution in [0.1, 0.15) is 51.5 Å². The highest BCUT2D eigenvalue weighted by atomic mass is 16.6. The van der Waals surface area contributed by atoms with E-state index < -0.39 is 17.6 Å². The van der Waals surface area contributed by atoms with Crippen LogP contribution >= 0.6 is 0 Å². The van der Waals surface area contributed by atoms with E-state index in [1.54, 1.807) is 19.2 Å². The second kappa shape index (κ2) is 10.7. The molecule has 2 rings (SSSR count). The highest BCUT2D eigenvalue weighted by Gasteiger charge is 2.40. The van der Waals surface area contributed by atoms with E-state index in [-0.39, 0.29) is 12.5 Å². The van der Waals surface area contributed by atoms with Crippen molar-refractivity contribution in [2.24, 2.45) is 0 Å². The molecule has 1 saturated carbocycles. The zero-order chi connectivity index (χ0) is 22.1. The van der Waals surface area contributed by atoms with Crippen molar-refractivity contribution in [3.8, 4) is 17.6 Å². The molecule has 1 amide bonds. The Kier molecular flexibility index (Phi) is 8.28. The van der Waals surface area contributed by atoms with E-state index in [2.05, 4.69) is 6.07 Å². The smallest absolute Gasteiger partial charge is 0.344 e. The third kappa shape index (κ3) is 5.53. The molecule has 30 heavy (non-hydrogen) atoms. The predicted molar refractivity (Wildman–Crippen MR) is 113 cm³/mol. The number of likely N-dealkylation sites (N-methyl/N-ethyl adjacent to an activating group) is 1. The summed E-state index contributed by atoms with van der Waals surface area (Å²) in [7, 11) is 3.13. The lowest BCUT2D eigenvalue weighted by atomic mass is 9.81. The first-order chi connectivity index (χ1) is 14.4. The standard InChI is InChI=1S/C23H30N2O5/c1-5-9-18-10-11-19(20(14-18)28-4)29-15-21(26)30-17(2)22(27)25(3)23(16-24)12-7-6-8-13-23/h5,9-11,14,17H,6-8,12-13,15H2,1-4H3/b9-5+/t17-/m1/s1. The maximum absolute atomic E-state index is 12.7. The van der Waals surface area contributed by atoms with Crippen molar-refractivity contribution >= 4 is 18.0 Å². The summed E-state index contributed by atoms with van der Waals surface area (Å²) in [5.41, 5.74) is 0.120. The number of benzene rings is 1. The Balaban J connectivity index is 1.94. The van der Waals surface area contributed by atoms with Gasteiger partial charge in [0.25, 0.3) is 5.91 Å². The molecule has 1 aromatic carbocycles. The summed E-state index contributed by atoms with van der Waals surface area (Å²) in [6.45, 7) is 3.07. The van der Waals surface area contributed by atoms with Crippen molar-refractivity contribution < 1.29 is 23.8 Å². The molecule has 0 aliphatic heterocycles. The van der Waals surface area contributed by atoms with Crippen LogP contribution in [0.5, 0.6) is 11.5 Å². The molecule has 0 spiro atoms. The second-order valence-corrected chi connectivity index (χ2v) is 7.43. The molecule has 1 aliphatic rings. The van der Waals surface area contributed by atoms with Crippen LogP contribution in [-0.4, -0.2) is 49.2 Å². The number of ether oxygens (including phenoxy) is 3. The van der Waals surface area contributed by atoms with E-state index in [1.165, 1.54) is 18.9 Å². The Hall–Kier alpha value is -3.01. The molecule has 0 heterocycles. The Morgan fingerprint density at radius 2 is 1.97 bits per heavy atom. The highest BCUT2D eigenvalue weighted by molar-refractivity contribution is 5.84. The van der Waals surface area contributed by atoms with Crippen LogP contribution < -0.4 is 9.47 Å². The fraction of sp³-hybridized carbons (Fsp3) is 0.522. The van der Waals surface area contributed by atoms with E-state index >= 15 is 0 Å². The third-order valence-corrected chi connectivity index (χ3v) is 5.41. The lowest BCUT2D eigenvalue weighted by molar-refractivity contribution is -0.162. The van der Waals surface area contributed by atoms with Gasteiger partial charge < -0.3 is 19.1 Å². The molecule has 7 nitrogen and oxygen atoms in total. The molecule has 162 valence electrons. The summed E-state index contributed by atoms with van der Waals surface area (Å²) >= 11 is 0. The lowest BCUT2D eigenvalue weighted by Gasteiger charge is -2.39. The Bertz CT molecular complexity index is 821. The number of allylic oxidation sites excluding steroid dienone is 1. The molecule has 0 saturated heterocycles. The van der Waals surface area contributed by atoms with Gasteiger partial charge in [-0.05, 0) is 44.4 Å². The van der Waals surface area contributed by atoms with Crippen molar-refractivity contribution in [3.05, 3.63) is 29.8 Å². The van der Waals surface area contributed by atoms with E-state index in [1.807, 2.05) is 25.1 Å². The van der Waals surface area contributed by atoms with Gasteiger partial charge in [-0.2, -0.15) is 5.26 Å². The summed E-state index contributed by atoms with van der Waals surface area (Å²) in [5, 5.41) is 9.65. The largest absolute Gasteiger partial charge is 0.493 e. The number of hydrogen-bond donors (Lipinski definition) is 0. The lowest BCUT2D eigenvalue weighted by Crippen LogP contribution is -2.53. The minimum Gasteiger partial charge on any atom is -0.493 e. The van der Waals surface area contributed by atoms with Gasteiger partial charge in [-0.3, -0.25) is 4.79 Å². The quantitative estimate of drug-likeness (QED) is 0.602. The first-order valence-corrected chi connectivity index (χ1v) is 10.2. The van der Waals surface area contributed by atoms with Gasteiger partial charge in [0.15, 0.2) is 24.2 Å². The van der Waals surface area contributed by atoms with Crippen molar-refractivity contribution in [1.29, 1.82) is 5.26 Å². The number of esters is 1. The number of methoxy groups -OCH3 is 1. The fourth-order valence-electron chi connectivity index (χ4n) is 3.66. The van der Waals surface area contributed by atoms with Crippen LogP contribution in [0, 0.1) is 11.3 Å². The normalized spacial score (nSPS) is 16.4. The number of hydrogen-bond acceptors (Lipinski definition) is 6. The summed E-state index contributed by atoms with van der Waals surface area (Å²) in [6.07, 6.45) is 6.97. The first-order valence-electron chi connectivity index (χ1n) is 10.2. The maximum atomic E-state index is 12.7. The maximum Gasteiger partial charge on any atom is 0.344 e. The molecule has 0 radical (unpaired) electrons. The minimum atomic E-state index is -1.00. The molecule has 1 fully saturated rings. The van der Waals surface area contributed by atoms with Crippen molar-refractivity contribution in [3.63, 3.8) is 0 Å². The number of nitrogens with zero attached hydrogens (tertiary/aromatic N) is 2. The first kappa shape index (κ1) is 23.3. The summed E-state index contributed by atoms with van der Waals surface area (Å²) < 4.78 is 16.1. The third-order valence-electron chi connectivity index (χ3n) is 5.41. The molecule has 7 heteroatoms. The number of carbonyl (C=O) groups is 2. The number of carbonyl (C=O) groups excluding carboxylic acids is 2. The Morgan fingerprint density at radius 1 is 1.27 bits per heavy atom. The average Bonchev–Trinajstić information content (AvgIpc) is 2.77. The molecule has 1 atom stereocenters. The number of nitriles is 1. The van der Waals surface area contributed by atoms with Crippen molar-refractivity contribution in [2.75, 3.05) is 20.8 Å². The van der Waals surface area contributed by atoms with E-state index in [4.69, 9.17) is 14.2 Å². The van der Waals surface area contributed by atoms with Crippen LogP contribution in [-0.2, 0) is 14.3 Å². The monoisotopic (exact) mass is 414 g/mol. The van der Waals surface area contributed by atoms with Gasteiger partial charge in [0.05, 0.1) is 13.2 Å². The number of amides is 1. The van der Waals surface area contributed by atoms with Crippen molar-refractivity contribution in [1.82, 2.24) is 4.90 Å². The molecule has 0 N–H and O–H groups in total. The van der Waals surface area contributed by atoms with Crippen molar-refractivity contribution in [2.45, 2.75) is 57.6 Å². The van der Waals surface area contributed by atoms with Gasteiger partial charge in [-0.15, -0.1) is 0 Å². The Labute approximate surface area is 178 Å². The van der Waals surface area contributed by atoms with Gasteiger partial charge in [-0.1, -0.05) is 37.5 Å². The zero-order valence-corrected chi connectivity index (χ0v) is 18.1. The van der Waals surface area contributed by atoms with Gasteiger partial charge >= 0.3 is 5.97 Å². The number of rotatable bonds is 8. The zero-order valence-electron chi connectivity index (χ0n) is 18.1. The average molecular weight is 415 g/mol. The van der Waals surface area contributed by atoms with Gasteiger partial charge in [-0.25, -0.2) is 4.79 Å². The van der Waals surface area contributed by atoms with Crippen LogP contribution in [0.2, 0.25) is 0 Å². The van der Waals surface area contributed by atoms with E-state index in [0.717, 1.165) is 24.8 Å². The molecular weight excluding hydrogens is 384 g/mol. The molecule has 0 bridgehead atoms. The predicted octanol–water partition coefficient (Wildman–Crippen LogP) is 3.72. The van der Waals surface area contributed by atoms with E-state index in [0.29, 0.717) is 24.3 Å². The fourth-order valence-corrected chi connectivity index (χ4v) is 3.66. The summed E-state index contributed by atoms with van der Waals surface area (Å²) in [4.78, 5) is 26.4. The molecule has 0 unspecified atom stereocenters. The van der Waals surface area contributed by atoms with Crippen LogP contribution in [0.25, 0.3) is 6.08 Å². The van der Waals surface area contributed by atoms with Gasteiger partial charge in [0.1, 0.15) is 5.54 Å². The molecule has 1 aliphatic carbocycles. The Morgan fingerprint density at radius 3 is 2.57 bits per heavy atom. The molecular formula is C23H30N2O5. The van der Waals surface area contributed by atoms with Crippen LogP contribution in [0.3, 0.4) is 0 Å². The SMILES string of the molecule is C/C=C/c1ccc(OCC(=O)O[C@H](C)C(=O)N(C)C2(C#N)CCCCC2)c(OC)c1. The second-order valence-electron chi connectivity index (χ2n) is 7.43. The molecule has 0 aromatic heterocycles.